The van der Waals surface area contributed by atoms with Gasteiger partial charge in [-0.1, -0.05) is 5.73 Å². The Kier molecular flexibility index (Phi) is 14.0. The molecule has 0 radical (unpaired) electrons. The molecule has 0 rings (SSSR count). The molecule has 0 heterocycles. The minimum atomic E-state index is 1.37. The van der Waals surface area contributed by atoms with Gasteiger partial charge in [0.2, 0.25) is 0 Å². The lowest BCUT2D eigenvalue weighted by Gasteiger charge is -1.40. The van der Waals surface area contributed by atoms with Crippen LogP contribution in [0.15, 0.2) is 127 Å². The Morgan fingerprint density at radius 1 is 0.333 bits per heavy atom. The smallest absolute Gasteiger partial charge is 0.186 e. The zero-order chi connectivity index (χ0) is 17.6. The van der Waals surface area contributed by atoms with E-state index in [0.717, 1.165) is 0 Å². The zero-order valence-corrected chi connectivity index (χ0v) is 12.1. The maximum Gasteiger partial charge on any atom is 0.186 e. The summed E-state index contributed by atoms with van der Waals surface area (Å²) < 4.78 is 0. The Labute approximate surface area is 138 Å². The lowest BCUT2D eigenvalue weighted by Crippen LogP contribution is -1.29. The normalized spacial score (nSPS) is 3.83. The maximum atomic E-state index is 9.72. The molecule has 0 aromatic rings. The van der Waals surface area contributed by atoms with Crippen molar-refractivity contribution in [3.63, 3.8) is 0 Å². The second-order valence-electron chi connectivity index (χ2n) is 2.78. The molecular weight excluding hydrogens is 292 g/mol. The van der Waals surface area contributed by atoms with Crippen LogP contribution < -0.4 is 0 Å². The van der Waals surface area contributed by atoms with Gasteiger partial charge >= 0.3 is 0 Å². The van der Waals surface area contributed by atoms with Crippen molar-refractivity contribution in [2.75, 3.05) is 0 Å². The maximum absolute atomic E-state index is 9.72. The molecule has 0 aromatic carbocycles. The van der Waals surface area contributed by atoms with Crippen LogP contribution in [0.25, 0.3) is 0 Å². The molecule has 0 aliphatic carbocycles. The van der Waals surface area contributed by atoms with Crippen molar-refractivity contribution in [2.24, 2.45) is 0 Å². The molecular formula is C23H2O. The van der Waals surface area contributed by atoms with Crippen molar-refractivity contribution >= 4 is 5.94 Å². The third-order valence-electron chi connectivity index (χ3n) is 1.33. The van der Waals surface area contributed by atoms with E-state index in [-0.39, 0.29) is 0 Å². The van der Waals surface area contributed by atoms with Crippen molar-refractivity contribution in [1.82, 2.24) is 0 Å². The zero-order valence-electron chi connectivity index (χ0n) is 12.1. The topological polar surface area (TPSA) is 17.1 Å². The summed E-state index contributed by atoms with van der Waals surface area (Å²) in [5, 5.41) is 0. The van der Waals surface area contributed by atoms with Gasteiger partial charge < -0.3 is 0 Å². The fourth-order valence-corrected chi connectivity index (χ4v) is 0.632. The molecule has 0 amide bonds. The molecule has 0 spiro atoms. The number of hydrogen-bond donors (Lipinski definition) is 0. The number of hydrogen-bond acceptors (Lipinski definition) is 1. The Morgan fingerprint density at radius 2 is 0.542 bits per heavy atom. The highest BCUT2D eigenvalue weighted by Gasteiger charge is 1.42. The fourth-order valence-electron chi connectivity index (χ4n) is 0.632. The monoisotopic (exact) mass is 294 g/mol. The van der Waals surface area contributed by atoms with Crippen LogP contribution in [0.2, 0.25) is 0 Å². The molecule has 0 N–H and O–H groups in total. The van der Waals surface area contributed by atoms with Gasteiger partial charge in [-0.3, -0.25) is 0 Å². The van der Waals surface area contributed by atoms with Gasteiger partial charge in [-0.2, -0.15) is 0 Å². The van der Waals surface area contributed by atoms with Crippen LogP contribution in [0.3, 0.4) is 0 Å². The first-order chi connectivity index (χ1) is 11.9. The summed E-state index contributed by atoms with van der Waals surface area (Å²) in [6, 6.07) is 0. The highest BCUT2D eigenvalue weighted by Crippen LogP contribution is 1.57. The van der Waals surface area contributed by atoms with Gasteiger partial charge in [-0.15, -0.1) is 0 Å². The SMILES string of the molecule is C=C=C=C=C=C=C=C=C=C=C=C=C=C=C=C=C=C=C=C=C=C=C=O. The summed E-state index contributed by atoms with van der Waals surface area (Å²) in [5.74, 6) is 1.37. The summed E-state index contributed by atoms with van der Waals surface area (Å²) >= 11 is 0. The molecule has 0 atom stereocenters. The average Bonchev–Trinajstić information content (AvgIpc) is 2.60. The molecule has 100 valence electrons. The molecule has 0 unspecified atom stereocenters. The minimum Gasteiger partial charge on any atom is -0.223 e. The molecule has 24 heavy (non-hydrogen) atoms. The highest BCUT2D eigenvalue weighted by atomic mass is 16.1. The Hall–Kier alpha value is -5.17. The lowest BCUT2D eigenvalue weighted by molar-refractivity contribution is 0.569. The predicted octanol–water partition coefficient (Wildman–Crippen LogP) is 3.26. The number of carbonyl (C=O) groups excluding carboxylic acids is 1. The van der Waals surface area contributed by atoms with Crippen LogP contribution in [0.4, 0.5) is 0 Å². The van der Waals surface area contributed by atoms with E-state index in [1.165, 1.54) is 5.94 Å². The summed E-state index contributed by atoms with van der Waals surface area (Å²) in [5.41, 5.74) is 50.6. The van der Waals surface area contributed by atoms with Crippen LogP contribution in [0.1, 0.15) is 0 Å². The van der Waals surface area contributed by atoms with Gasteiger partial charge in [-0.25, -0.2) is 4.79 Å². The van der Waals surface area contributed by atoms with Gasteiger partial charge in [0.15, 0.2) is 5.94 Å². The van der Waals surface area contributed by atoms with Crippen LogP contribution in [0.5, 0.6) is 0 Å². The molecule has 0 aliphatic heterocycles. The molecule has 0 aliphatic rings. The largest absolute Gasteiger partial charge is 0.223 e. The fraction of sp³-hybridized carbons (Fsp3) is 0. The van der Waals surface area contributed by atoms with E-state index in [1.807, 2.05) is 5.73 Å². The third-order valence-corrected chi connectivity index (χ3v) is 1.33. The van der Waals surface area contributed by atoms with Crippen LogP contribution in [-0.2, 0) is 4.79 Å². The van der Waals surface area contributed by atoms with Gasteiger partial charge in [0.05, 0.1) is 0 Å². The van der Waals surface area contributed by atoms with Crippen LogP contribution in [-0.4, -0.2) is 5.94 Å². The van der Waals surface area contributed by atoms with Crippen molar-refractivity contribution in [2.45, 2.75) is 0 Å². The summed E-state index contributed by atoms with van der Waals surface area (Å²) in [6.45, 7) is 3.29. The highest BCUT2D eigenvalue weighted by molar-refractivity contribution is 5.43. The first-order valence-corrected chi connectivity index (χ1v) is 5.81. The predicted molar refractivity (Wildman–Crippen MR) is 85.1 cm³/mol. The van der Waals surface area contributed by atoms with Crippen LogP contribution in [0, 0.1) is 0 Å². The molecule has 0 aromatic heterocycles. The second kappa shape index (κ2) is 17.8. The molecule has 0 fully saturated rings. The van der Waals surface area contributed by atoms with E-state index < -0.39 is 0 Å². The molecule has 0 bridgehead atoms. The Morgan fingerprint density at radius 3 is 0.750 bits per heavy atom. The van der Waals surface area contributed by atoms with Crippen molar-refractivity contribution < 1.29 is 4.79 Å². The minimum absolute atomic E-state index is 1.37. The van der Waals surface area contributed by atoms with E-state index in [2.05, 4.69) is 121 Å². The third kappa shape index (κ3) is 16.8. The van der Waals surface area contributed by atoms with E-state index in [0.29, 0.717) is 0 Å². The Balaban J connectivity index is 5.86. The van der Waals surface area contributed by atoms with E-state index in [9.17, 15) is 4.79 Å². The molecule has 1 heteroatoms. The van der Waals surface area contributed by atoms with E-state index >= 15 is 0 Å². The second-order valence-corrected chi connectivity index (χ2v) is 2.78. The van der Waals surface area contributed by atoms with Crippen molar-refractivity contribution in [3.05, 3.63) is 127 Å². The first-order valence-electron chi connectivity index (χ1n) is 5.81. The summed E-state index contributed by atoms with van der Waals surface area (Å²) in [6.07, 6.45) is 0. The van der Waals surface area contributed by atoms with Crippen LogP contribution >= 0.6 is 0 Å². The van der Waals surface area contributed by atoms with Gasteiger partial charge in [0, 0.05) is 68.8 Å². The van der Waals surface area contributed by atoms with Crippen molar-refractivity contribution in [1.29, 1.82) is 0 Å². The summed E-state index contributed by atoms with van der Waals surface area (Å²) in [7, 11) is 0. The first kappa shape index (κ1) is 18.8. The lowest BCUT2D eigenvalue weighted by atomic mass is 10.6. The van der Waals surface area contributed by atoms with Gasteiger partial charge in [0.25, 0.3) is 0 Å². The van der Waals surface area contributed by atoms with Gasteiger partial charge in [-0.05, 0) is 52.4 Å². The molecule has 0 saturated heterocycles. The summed E-state index contributed by atoms with van der Waals surface area (Å²) in [4.78, 5) is 9.72. The van der Waals surface area contributed by atoms with Crippen molar-refractivity contribution in [3.8, 4) is 0 Å². The average molecular weight is 294 g/mol. The van der Waals surface area contributed by atoms with E-state index in [4.69, 9.17) is 0 Å². The number of rotatable bonds is 0. The Bertz CT molecular complexity index is 1230. The molecule has 0 saturated carbocycles. The van der Waals surface area contributed by atoms with E-state index in [1.54, 1.807) is 0 Å². The quantitative estimate of drug-likeness (QED) is 0.495. The van der Waals surface area contributed by atoms with Gasteiger partial charge in [0.1, 0.15) is 0 Å². The standard InChI is InChI=1S/C23H2O/c1-2-3-4-5-6-7-8-9-10-11-12-13-14-15-16-17-18-19-20-21-22-23-24/h1H2. The molecule has 1 nitrogen and oxygen atoms in total.